The molecule has 2 N–H and O–H groups in total. The first-order valence-corrected chi connectivity index (χ1v) is 7.70. The molecule has 22 heavy (non-hydrogen) atoms. The number of nitrogens with two attached hydrogens (primary N) is 1. The summed E-state index contributed by atoms with van der Waals surface area (Å²) in [4.78, 5) is 17.6. The van der Waals surface area contributed by atoms with Gasteiger partial charge in [-0.25, -0.2) is 0 Å². The highest BCUT2D eigenvalue weighted by Crippen LogP contribution is 2.34. The van der Waals surface area contributed by atoms with Crippen molar-refractivity contribution in [2.75, 3.05) is 18.0 Å². The van der Waals surface area contributed by atoms with Gasteiger partial charge in [-0.3, -0.25) is 9.79 Å². The third kappa shape index (κ3) is 3.25. The largest absolute Gasteiger partial charge is 0.465 e. The molecule has 1 aromatic carbocycles. The first-order chi connectivity index (χ1) is 10.6. The zero-order valence-electron chi connectivity index (χ0n) is 12.1. The van der Waals surface area contributed by atoms with E-state index in [4.69, 9.17) is 22.1 Å². The number of nitrogens with zero attached hydrogens (tertiary/aromatic N) is 2. The predicted molar refractivity (Wildman–Crippen MR) is 87.6 cm³/mol. The third-order valence-electron chi connectivity index (χ3n) is 3.90. The van der Waals surface area contributed by atoms with E-state index in [2.05, 4.69) is 9.89 Å². The van der Waals surface area contributed by atoms with Crippen LogP contribution < -0.4 is 15.4 Å². The molecule has 116 valence electrons. The van der Waals surface area contributed by atoms with Crippen LogP contribution in [0.3, 0.4) is 0 Å². The molecule has 2 aliphatic heterocycles. The van der Waals surface area contributed by atoms with Crippen molar-refractivity contribution in [1.29, 1.82) is 0 Å². The second-order valence-corrected chi connectivity index (χ2v) is 5.86. The molecule has 2 aliphatic rings. The number of primary amides is 1. The van der Waals surface area contributed by atoms with Crippen LogP contribution in [0.5, 0.6) is 5.75 Å². The highest BCUT2D eigenvalue weighted by molar-refractivity contribution is 6.33. The van der Waals surface area contributed by atoms with E-state index in [0.717, 1.165) is 25.1 Å². The van der Waals surface area contributed by atoms with E-state index in [-0.39, 0.29) is 18.1 Å². The predicted octanol–water partition coefficient (Wildman–Crippen LogP) is 2.39. The van der Waals surface area contributed by atoms with E-state index in [0.29, 0.717) is 17.3 Å². The summed E-state index contributed by atoms with van der Waals surface area (Å²) in [7, 11) is 0. The molecule has 0 bridgehead atoms. The Labute approximate surface area is 134 Å². The van der Waals surface area contributed by atoms with Crippen LogP contribution >= 0.6 is 11.6 Å². The van der Waals surface area contributed by atoms with E-state index in [1.807, 2.05) is 30.5 Å². The molecule has 3 rings (SSSR count). The average molecular weight is 320 g/mol. The maximum atomic E-state index is 11.3. The quantitative estimate of drug-likeness (QED) is 0.866. The van der Waals surface area contributed by atoms with Crippen molar-refractivity contribution < 1.29 is 9.53 Å². The molecule has 0 spiro atoms. The normalized spacial score (nSPS) is 23.8. The highest BCUT2D eigenvalue weighted by Gasteiger charge is 2.28. The SMILES string of the molecule is NC(=O)C1CCN(c2cc(OC3C=CCC=N3)ccc2Cl)C1. The van der Waals surface area contributed by atoms with Crippen molar-refractivity contribution in [1.82, 2.24) is 0 Å². The minimum absolute atomic E-state index is 0.119. The zero-order chi connectivity index (χ0) is 15.5. The van der Waals surface area contributed by atoms with Crippen molar-refractivity contribution in [2.45, 2.75) is 19.1 Å². The Kier molecular flexibility index (Phi) is 4.34. The lowest BCUT2D eigenvalue weighted by atomic mass is 10.1. The smallest absolute Gasteiger partial charge is 0.222 e. The Morgan fingerprint density at radius 2 is 2.32 bits per heavy atom. The number of hydrogen-bond donors (Lipinski definition) is 1. The lowest BCUT2D eigenvalue weighted by Crippen LogP contribution is -2.27. The van der Waals surface area contributed by atoms with E-state index >= 15 is 0 Å². The number of dihydropyridines is 1. The zero-order valence-corrected chi connectivity index (χ0v) is 12.9. The molecular formula is C16H18ClN3O2. The van der Waals surface area contributed by atoms with Gasteiger partial charge in [-0.2, -0.15) is 0 Å². The monoisotopic (exact) mass is 319 g/mol. The lowest BCUT2D eigenvalue weighted by molar-refractivity contribution is -0.121. The van der Waals surface area contributed by atoms with E-state index < -0.39 is 0 Å². The summed E-state index contributed by atoms with van der Waals surface area (Å²) in [5.41, 5.74) is 6.25. The molecule has 2 heterocycles. The summed E-state index contributed by atoms with van der Waals surface area (Å²) < 4.78 is 5.82. The molecule has 6 heteroatoms. The first-order valence-electron chi connectivity index (χ1n) is 7.32. The number of halogens is 1. The van der Waals surface area contributed by atoms with Gasteiger partial charge in [-0.15, -0.1) is 0 Å². The van der Waals surface area contributed by atoms with Gasteiger partial charge in [0.15, 0.2) is 0 Å². The minimum atomic E-state index is -0.292. The Morgan fingerprint density at radius 3 is 3.00 bits per heavy atom. The number of ether oxygens (including phenoxy) is 1. The van der Waals surface area contributed by atoms with Gasteiger partial charge >= 0.3 is 0 Å². The number of amides is 1. The third-order valence-corrected chi connectivity index (χ3v) is 4.22. The molecule has 2 unspecified atom stereocenters. The Morgan fingerprint density at radius 1 is 1.45 bits per heavy atom. The van der Waals surface area contributed by atoms with Gasteiger partial charge in [-0.1, -0.05) is 17.7 Å². The molecule has 0 radical (unpaired) electrons. The van der Waals surface area contributed by atoms with Crippen molar-refractivity contribution in [3.63, 3.8) is 0 Å². The van der Waals surface area contributed by atoms with Crippen molar-refractivity contribution >= 4 is 29.4 Å². The van der Waals surface area contributed by atoms with Crippen LogP contribution in [0.2, 0.25) is 5.02 Å². The Bertz CT molecular complexity index is 618. The number of hydrogen-bond acceptors (Lipinski definition) is 4. The maximum Gasteiger partial charge on any atom is 0.222 e. The first kappa shape index (κ1) is 14.9. The lowest BCUT2D eigenvalue weighted by Gasteiger charge is -2.21. The van der Waals surface area contributed by atoms with Crippen LogP contribution in [0.25, 0.3) is 0 Å². The summed E-state index contributed by atoms with van der Waals surface area (Å²) in [6.07, 6.45) is 7.08. The van der Waals surface area contributed by atoms with E-state index in [1.165, 1.54) is 0 Å². The summed E-state index contributed by atoms with van der Waals surface area (Å²) in [6, 6.07) is 5.52. The molecular weight excluding hydrogens is 302 g/mol. The Balaban J connectivity index is 1.75. The van der Waals surface area contributed by atoms with Crippen LogP contribution in [0.15, 0.2) is 35.3 Å². The molecule has 1 aromatic rings. The Hall–Kier alpha value is -2.01. The van der Waals surface area contributed by atoms with Gasteiger partial charge in [0.05, 0.1) is 16.6 Å². The van der Waals surface area contributed by atoms with Crippen LogP contribution in [0.4, 0.5) is 5.69 Å². The van der Waals surface area contributed by atoms with Gasteiger partial charge in [-0.05, 0) is 24.6 Å². The van der Waals surface area contributed by atoms with Crippen LogP contribution in [0, 0.1) is 5.92 Å². The number of carbonyl (C=O) groups is 1. The van der Waals surface area contributed by atoms with Crippen molar-refractivity contribution in [3.05, 3.63) is 35.4 Å². The number of benzene rings is 1. The topological polar surface area (TPSA) is 67.9 Å². The maximum absolute atomic E-state index is 11.3. The second-order valence-electron chi connectivity index (χ2n) is 5.45. The molecule has 1 fully saturated rings. The highest BCUT2D eigenvalue weighted by atomic mass is 35.5. The molecule has 2 atom stereocenters. The summed E-state index contributed by atoms with van der Waals surface area (Å²) >= 11 is 6.29. The summed E-state index contributed by atoms with van der Waals surface area (Å²) in [5, 5.41) is 0.639. The average Bonchev–Trinajstić information content (AvgIpc) is 3.00. The standard InChI is InChI=1S/C16H18ClN3O2/c17-13-5-4-12(22-15-3-1-2-7-19-15)9-14(13)20-8-6-11(10-20)16(18)21/h1,3-5,7,9,11,15H,2,6,8,10H2,(H2,18,21). The molecule has 0 aromatic heterocycles. The van der Waals surface area contributed by atoms with Gasteiger partial charge in [0.2, 0.25) is 12.1 Å². The number of aliphatic imine (C=N–C) groups is 1. The fourth-order valence-electron chi connectivity index (χ4n) is 2.70. The van der Waals surface area contributed by atoms with Crippen LogP contribution in [0.1, 0.15) is 12.8 Å². The fraction of sp³-hybridized carbons (Fsp3) is 0.375. The van der Waals surface area contributed by atoms with E-state index in [1.54, 1.807) is 6.07 Å². The fourth-order valence-corrected chi connectivity index (χ4v) is 2.94. The van der Waals surface area contributed by atoms with Gasteiger partial charge in [0.1, 0.15) is 5.75 Å². The summed E-state index contributed by atoms with van der Waals surface area (Å²) in [5.74, 6) is 0.329. The van der Waals surface area contributed by atoms with Gasteiger partial charge < -0.3 is 15.4 Å². The number of rotatable bonds is 4. The minimum Gasteiger partial charge on any atom is -0.465 e. The molecule has 0 aliphatic carbocycles. The number of anilines is 1. The molecule has 0 saturated carbocycles. The van der Waals surface area contributed by atoms with Gasteiger partial charge in [0, 0.05) is 31.8 Å². The molecule has 5 nitrogen and oxygen atoms in total. The second kappa shape index (κ2) is 6.40. The molecule has 1 saturated heterocycles. The van der Waals surface area contributed by atoms with E-state index in [9.17, 15) is 4.79 Å². The van der Waals surface area contributed by atoms with Crippen LogP contribution in [-0.4, -0.2) is 31.4 Å². The van der Waals surface area contributed by atoms with Crippen molar-refractivity contribution in [2.24, 2.45) is 16.6 Å². The van der Waals surface area contributed by atoms with Gasteiger partial charge in [0.25, 0.3) is 0 Å². The molecule has 1 amide bonds. The number of carbonyl (C=O) groups excluding carboxylic acids is 1. The number of allylic oxidation sites excluding steroid dienone is 1. The summed E-state index contributed by atoms with van der Waals surface area (Å²) in [6.45, 7) is 1.36. The van der Waals surface area contributed by atoms with Crippen LogP contribution in [-0.2, 0) is 4.79 Å². The van der Waals surface area contributed by atoms with Crippen molar-refractivity contribution in [3.8, 4) is 5.75 Å².